The maximum absolute atomic E-state index is 13.0. The number of halogens is 2. The number of ether oxygens (including phenoxy) is 1. The molecular weight excluding hydrogens is 269 g/mol. The fourth-order valence-corrected chi connectivity index (χ4v) is 1.84. The summed E-state index contributed by atoms with van der Waals surface area (Å²) in [4.78, 5) is 0. The minimum atomic E-state index is -0.450. The molecule has 0 atom stereocenters. The van der Waals surface area contributed by atoms with Gasteiger partial charge in [-0.15, -0.1) is 0 Å². The molecule has 2 aromatic rings. The molecule has 0 radical (unpaired) electrons. The lowest BCUT2D eigenvalue weighted by Gasteiger charge is -2.09. The van der Waals surface area contributed by atoms with Gasteiger partial charge in [0.15, 0.2) is 11.5 Å². The van der Waals surface area contributed by atoms with E-state index in [0.29, 0.717) is 18.0 Å². The number of aromatic hydroxyl groups is 1. The van der Waals surface area contributed by atoms with Crippen LogP contribution < -0.4 is 10.1 Å². The maximum atomic E-state index is 13.0. The summed E-state index contributed by atoms with van der Waals surface area (Å²) in [5.74, 6) is 0.0572. The number of phenols is 1. The monoisotopic (exact) mass is 281 g/mol. The van der Waals surface area contributed by atoms with E-state index in [1.807, 2.05) is 6.07 Å². The van der Waals surface area contributed by atoms with Crippen LogP contribution in [0.2, 0.25) is 5.02 Å². The third-order valence-corrected chi connectivity index (χ3v) is 2.95. The SMILES string of the molecule is COc1ccc(CNc2ccc(F)c(Cl)c2)cc1O. The molecule has 0 aliphatic rings. The Morgan fingerprint density at radius 2 is 2.05 bits per heavy atom. The molecule has 0 aliphatic carbocycles. The topological polar surface area (TPSA) is 41.5 Å². The van der Waals surface area contributed by atoms with Crippen molar-refractivity contribution in [1.29, 1.82) is 0 Å². The van der Waals surface area contributed by atoms with Gasteiger partial charge < -0.3 is 15.2 Å². The Morgan fingerprint density at radius 3 is 2.68 bits per heavy atom. The Bertz CT molecular complexity index is 590. The van der Waals surface area contributed by atoms with Gasteiger partial charge in [0.1, 0.15) is 5.82 Å². The molecule has 2 rings (SSSR count). The van der Waals surface area contributed by atoms with E-state index in [4.69, 9.17) is 16.3 Å². The molecule has 0 aliphatic heterocycles. The third-order valence-electron chi connectivity index (χ3n) is 2.66. The largest absolute Gasteiger partial charge is 0.504 e. The summed E-state index contributed by atoms with van der Waals surface area (Å²) >= 11 is 5.69. The number of hydrogen-bond donors (Lipinski definition) is 2. The van der Waals surface area contributed by atoms with E-state index in [9.17, 15) is 9.50 Å². The van der Waals surface area contributed by atoms with Crippen molar-refractivity contribution < 1.29 is 14.2 Å². The van der Waals surface area contributed by atoms with Gasteiger partial charge in [-0.2, -0.15) is 0 Å². The quantitative estimate of drug-likeness (QED) is 0.895. The minimum Gasteiger partial charge on any atom is -0.504 e. The molecule has 2 N–H and O–H groups in total. The number of rotatable bonds is 4. The molecule has 0 spiro atoms. The molecule has 0 saturated heterocycles. The number of phenolic OH excluding ortho intramolecular Hbond substituents is 1. The van der Waals surface area contributed by atoms with Crippen LogP contribution in [0, 0.1) is 5.82 Å². The molecule has 19 heavy (non-hydrogen) atoms. The van der Waals surface area contributed by atoms with E-state index >= 15 is 0 Å². The first-order valence-corrected chi connectivity index (χ1v) is 6.03. The summed E-state index contributed by atoms with van der Waals surface area (Å²) in [6.07, 6.45) is 0. The van der Waals surface area contributed by atoms with Crippen molar-refractivity contribution in [2.75, 3.05) is 12.4 Å². The van der Waals surface area contributed by atoms with Crippen LogP contribution in [0.3, 0.4) is 0 Å². The van der Waals surface area contributed by atoms with Crippen LogP contribution in [0.15, 0.2) is 36.4 Å². The van der Waals surface area contributed by atoms with Crippen LogP contribution in [0.4, 0.5) is 10.1 Å². The summed E-state index contributed by atoms with van der Waals surface area (Å²) in [5.41, 5.74) is 1.58. The van der Waals surface area contributed by atoms with Crippen LogP contribution in [-0.4, -0.2) is 12.2 Å². The standard InChI is InChI=1S/C14H13ClFNO2/c1-19-14-5-2-9(6-13(14)18)8-17-10-3-4-12(16)11(15)7-10/h2-7,17-18H,8H2,1H3. The lowest BCUT2D eigenvalue weighted by Crippen LogP contribution is -1.99. The van der Waals surface area contributed by atoms with Gasteiger partial charge in [0.25, 0.3) is 0 Å². The normalized spacial score (nSPS) is 10.3. The predicted molar refractivity (Wildman–Crippen MR) is 73.4 cm³/mol. The first-order chi connectivity index (χ1) is 9.10. The molecule has 0 fully saturated rings. The Balaban J connectivity index is 2.05. The van der Waals surface area contributed by atoms with Gasteiger partial charge >= 0.3 is 0 Å². The molecule has 5 heteroatoms. The molecule has 0 amide bonds. The highest BCUT2D eigenvalue weighted by atomic mass is 35.5. The van der Waals surface area contributed by atoms with Gasteiger partial charge in [0.05, 0.1) is 12.1 Å². The minimum absolute atomic E-state index is 0.0718. The molecule has 0 aromatic heterocycles. The van der Waals surface area contributed by atoms with Crippen LogP contribution in [-0.2, 0) is 6.54 Å². The van der Waals surface area contributed by atoms with Crippen molar-refractivity contribution in [3.8, 4) is 11.5 Å². The first-order valence-electron chi connectivity index (χ1n) is 5.65. The highest BCUT2D eigenvalue weighted by Crippen LogP contribution is 2.27. The van der Waals surface area contributed by atoms with Crippen LogP contribution >= 0.6 is 11.6 Å². The van der Waals surface area contributed by atoms with Gasteiger partial charge in [-0.25, -0.2) is 4.39 Å². The van der Waals surface area contributed by atoms with Crippen molar-refractivity contribution in [3.63, 3.8) is 0 Å². The summed E-state index contributed by atoms with van der Waals surface area (Å²) in [6, 6.07) is 9.54. The zero-order valence-electron chi connectivity index (χ0n) is 10.3. The van der Waals surface area contributed by atoms with Gasteiger partial charge in [-0.3, -0.25) is 0 Å². The average Bonchev–Trinajstić information content (AvgIpc) is 2.40. The molecule has 0 unspecified atom stereocenters. The second-order valence-electron chi connectivity index (χ2n) is 3.99. The molecule has 100 valence electrons. The molecule has 2 aromatic carbocycles. The van der Waals surface area contributed by atoms with Crippen molar-refractivity contribution in [2.45, 2.75) is 6.54 Å². The third kappa shape index (κ3) is 3.29. The van der Waals surface area contributed by atoms with Crippen LogP contribution in [0.5, 0.6) is 11.5 Å². The number of benzene rings is 2. The molecule has 3 nitrogen and oxygen atoms in total. The Hall–Kier alpha value is -1.94. The maximum Gasteiger partial charge on any atom is 0.160 e. The van der Waals surface area contributed by atoms with E-state index < -0.39 is 5.82 Å². The van der Waals surface area contributed by atoms with E-state index in [1.165, 1.54) is 19.2 Å². The zero-order chi connectivity index (χ0) is 13.8. The Morgan fingerprint density at radius 1 is 1.26 bits per heavy atom. The number of nitrogens with one attached hydrogen (secondary N) is 1. The summed E-state index contributed by atoms with van der Waals surface area (Å²) in [5, 5.41) is 12.8. The van der Waals surface area contributed by atoms with E-state index in [1.54, 1.807) is 18.2 Å². The summed E-state index contributed by atoms with van der Waals surface area (Å²) < 4.78 is 18.0. The van der Waals surface area contributed by atoms with Gasteiger partial charge in [0.2, 0.25) is 0 Å². The first kappa shape index (κ1) is 13.5. The summed E-state index contributed by atoms with van der Waals surface area (Å²) in [7, 11) is 1.49. The van der Waals surface area contributed by atoms with Crippen molar-refractivity contribution in [3.05, 3.63) is 52.8 Å². The molecule has 0 bridgehead atoms. The van der Waals surface area contributed by atoms with E-state index in [-0.39, 0.29) is 10.8 Å². The predicted octanol–water partition coefficient (Wildman–Crippen LogP) is 3.81. The van der Waals surface area contributed by atoms with Crippen LogP contribution in [0.25, 0.3) is 0 Å². The van der Waals surface area contributed by atoms with E-state index in [2.05, 4.69) is 5.32 Å². The smallest absolute Gasteiger partial charge is 0.160 e. The zero-order valence-corrected chi connectivity index (χ0v) is 11.0. The van der Waals surface area contributed by atoms with Crippen molar-refractivity contribution >= 4 is 17.3 Å². The van der Waals surface area contributed by atoms with Gasteiger partial charge in [-0.1, -0.05) is 17.7 Å². The molecule has 0 heterocycles. The molecular formula is C14H13ClFNO2. The van der Waals surface area contributed by atoms with Crippen molar-refractivity contribution in [2.24, 2.45) is 0 Å². The summed E-state index contributed by atoms with van der Waals surface area (Å²) in [6.45, 7) is 0.486. The fourth-order valence-electron chi connectivity index (χ4n) is 1.66. The lowest BCUT2D eigenvalue weighted by molar-refractivity contribution is 0.373. The van der Waals surface area contributed by atoms with Gasteiger partial charge in [-0.05, 0) is 35.9 Å². The Labute approximate surface area is 115 Å². The Kier molecular flexibility index (Phi) is 4.12. The molecule has 0 saturated carbocycles. The highest BCUT2D eigenvalue weighted by molar-refractivity contribution is 6.31. The fraction of sp³-hybridized carbons (Fsp3) is 0.143. The number of anilines is 1. The van der Waals surface area contributed by atoms with Gasteiger partial charge in [0, 0.05) is 12.2 Å². The average molecular weight is 282 g/mol. The second-order valence-corrected chi connectivity index (χ2v) is 4.40. The number of methoxy groups -OCH3 is 1. The van der Waals surface area contributed by atoms with Crippen molar-refractivity contribution in [1.82, 2.24) is 0 Å². The number of hydrogen-bond acceptors (Lipinski definition) is 3. The highest BCUT2D eigenvalue weighted by Gasteiger charge is 2.04. The van der Waals surface area contributed by atoms with E-state index in [0.717, 1.165) is 5.56 Å². The second kappa shape index (κ2) is 5.80. The lowest BCUT2D eigenvalue weighted by atomic mass is 10.2. The van der Waals surface area contributed by atoms with Crippen LogP contribution in [0.1, 0.15) is 5.56 Å².